The smallest absolute Gasteiger partial charge is 0.206 e. The second-order valence-electron chi connectivity index (χ2n) is 9.70. The Kier molecular flexibility index (Phi) is 5.11. The minimum absolute atomic E-state index is 0.127. The van der Waals surface area contributed by atoms with Crippen LogP contribution in [0.1, 0.15) is 53.5 Å². The predicted octanol–water partition coefficient (Wildman–Crippen LogP) is 5.54. The first-order chi connectivity index (χ1) is 10.8. The molecule has 1 aliphatic heterocycles. The van der Waals surface area contributed by atoms with Gasteiger partial charge in [-0.15, -0.1) is 0 Å². The van der Waals surface area contributed by atoms with E-state index in [-0.39, 0.29) is 10.5 Å². The second-order valence-corrected chi connectivity index (χ2v) is 14.4. The summed E-state index contributed by atoms with van der Waals surface area (Å²) in [5, 5.41) is 2.15. The molecule has 1 fully saturated rings. The normalized spacial score (nSPS) is 26.8. The predicted molar refractivity (Wildman–Crippen MR) is 103 cm³/mol. The third-order valence-electron chi connectivity index (χ3n) is 5.63. The highest BCUT2D eigenvalue weighted by Gasteiger charge is 2.54. The molecule has 0 radical (unpaired) electrons. The van der Waals surface area contributed by atoms with E-state index in [1.165, 1.54) is 0 Å². The fourth-order valence-corrected chi connectivity index (χ4v) is 4.48. The number of nitrogens with zero attached hydrogens (tertiary/aromatic N) is 1. The summed E-state index contributed by atoms with van der Waals surface area (Å²) in [5.74, 6) is -0.684. The van der Waals surface area contributed by atoms with Gasteiger partial charge in [0.15, 0.2) is 8.32 Å². The fraction of sp³-hybridized carbons (Fsp3) is 0.700. The molecule has 24 heavy (non-hydrogen) atoms. The van der Waals surface area contributed by atoms with Crippen LogP contribution in [0.4, 0.5) is 0 Å². The molecule has 1 aromatic rings. The number of rotatable bonds is 3. The lowest BCUT2D eigenvalue weighted by molar-refractivity contribution is -0.279. The van der Waals surface area contributed by atoms with Crippen molar-refractivity contribution in [2.45, 2.75) is 77.9 Å². The highest BCUT2D eigenvalue weighted by atomic mass is 28.4. The van der Waals surface area contributed by atoms with Crippen molar-refractivity contribution in [3.05, 3.63) is 35.9 Å². The molecule has 1 aliphatic rings. The molecule has 1 saturated heterocycles. The Bertz CT molecular complexity index is 559. The van der Waals surface area contributed by atoms with Gasteiger partial charge in [0, 0.05) is 25.1 Å². The van der Waals surface area contributed by atoms with Crippen molar-refractivity contribution < 1.29 is 9.26 Å². The van der Waals surface area contributed by atoms with Gasteiger partial charge in [-0.1, -0.05) is 71.9 Å². The summed E-state index contributed by atoms with van der Waals surface area (Å²) in [6.45, 7) is 18.2. The van der Waals surface area contributed by atoms with E-state index in [0.29, 0.717) is 6.04 Å². The Morgan fingerprint density at radius 3 is 2.04 bits per heavy atom. The van der Waals surface area contributed by atoms with Gasteiger partial charge in [0.05, 0.1) is 0 Å². The first-order valence-electron chi connectivity index (χ1n) is 8.96. The van der Waals surface area contributed by atoms with Gasteiger partial charge >= 0.3 is 0 Å². The van der Waals surface area contributed by atoms with Crippen LogP contribution in [0.2, 0.25) is 18.1 Å². The fourth-order valence-electron chi connectivity index (χ4n) is 3.12. The van der Waals surface area contributed by atoms with E-state index in [9.17, 15) is 0 Å². The van der Waals surface area contributed by atoms with Crippen LogP contribution in [0, 0.1) is 5.41 Å². The van der Waals surface area contributed by atoms with E-state index in [2.05, 4.69) is 78.9 Å². The zero-order chi connectivity index (χ0) is 18.4. The lowest BCUT2D eigenvalue weighted by Gasteiger charge is -2.43. The van der Waals surface area contributed by atoms with Crippen molar-refractivity contribution in [3.8, 4) is 0 Å². The summed E-state index contributed by atoms with van der Waals surface area (Å²) >= 11 is 0. The summed E-state index contributed by atoms with van der Waals surface area (Å²) in [4.78, 5) is 6.45. The Labute approximate surface area is 149 Å². The Morgan fingerprint density at radius 1 is 1.08 bits per heavy atom. The van der Waals surface area contributed by atoms with E-state index in [0.717, 1.165) is 12.0 Å². The molecule has 0 spiro atoms. The molecule has 0 N–H and O–H groups in total. The molecule has 0 aliphatic carbocycles. The van der Waals surface area contributed by atoms with Gasteiger partial charge in [-0.25, -0.2) is 0 Å². The van der Waals surface area contributed by atoms with E-state index in [1.807, 2.05) is 18.2 Å². The van der Waals surface area contributed by atoms with Crippen LogP contribution in [-0.4, -0.2) is 26.5 Å². The van der Waals surface area contributed by atoms with Gasteiger partial charge in [-0.2, -0.15) is 5.06 Å². The number of hydroxylamine groups is 2. The summed E-state index contributed by atoms with van der Waals surface area (Å²) in [5.41, 5.74) is 1.25. The average Bonchev–Trinajstić information content (AvgIpc) is 2.76. The maximum absolute atomic E-state index is 6.91. The molecule has 3 nitrogen and oxygen atoms in total. The van der Waals surface area contributed by atoms with Crippen LogP contribution in [0.15, 0.2) is 30.3 Å². The zero-order valence-electron chi connectivity index (χ0n) is 16.9. The van der Waals surface area contributed by atoms with Crippen LogP contribution < -0.4 is 0 Å². The Hall–Kier alpha value is -0.683. The van der Waals surface area contributed by atoms with Crippen molar-refractivity contribution in [1.29, 1.82) is 0 Å². The summed E-state index contributed by atoms with van der Waals surface area (Å²) in [6, 6.07) is 10.8. The largest absolute Gasteiger partial charge is 0.385 e. The van der Waals surface area contributed by atoms with Crippen LogP contribution in [-0.2, 0) is 15.1 Å². The van der Waals surface area contributed by atoms with Crippen LogP contribution in [0.3, 0.4) is 0 Å². The standard InChI is InChI=1S/C20H35NO2Si/c1-18(2,3)17-15-20(22-21(17)7,16-13-11-10-12-14-16)23-24(8,9)19(4,5)6/h10-14,17H,15H2,1-9H3/t17-,20-/m0/s1. The summed E-state index contributed by atoms with van der Waals surface area (Å²) in [6.07, 6.45) is 0.851. The summed E-state index contributed by atoms with van der Waals surface area (Å²) in [7, 11) is 0.0423. The number of benzene rings is 1. The highest BCUT2D eigenvalue weighted by Crippen LogP contribution is 2.50. The molecule has 4 heteroatoms. The Balaban J connectivity index is 2.46. The van der Waals surface area contributed by atoms with E-state index < -0.39 is 14.1 Å². The third kappa shape index (κ3) is 3.77. The molecule has 0 bridgehead atoms. The quantitative estimate of drug-likeness (QED) is 0.668. The zero-order valence-corrected chi connectivity index (χ0v) is 17.9. The SMILES string of the molecule is CN1O[C@@](O[Si](C)(C)C(C)(C)C)(c2ccccc2)C[C@H]1C(C)(C)C. The lowest BCUT2D eigenvalue weighted by Crippen LogP contribution is -2.48. The minimum Gasteiger partial charge on any atom is -0.385 e. The molecule has 0 amide bonds. The third-order valence-corrected chi connectivity index (χ3v) is 10.1. The van der Waals surface area contributed by atoms with E-state index in [4.69, 9.17) is 9.26 Å². The molecule has 0 saturated carbocycles. The second kappa shape index (κ2) is 6.24. The molecule has 2 rings (SSSR count). The summed E-state index contributed by atoms with van der Waals surface area (Å²) < 4.78 is 6.91. The van der Waals surface area contributed by atoms with Crippen molar-refractivity contribution in [2.75, 3.05) is 7.05 Å². The van der Waals surface area contributed by atoms with Crippen molar-refractivity contribution in [1.82, 2.24) is 5.06 Å². The van der Waals surface area contributed by atoms with Gasteiger partial charge in [-0.05, 0) is 23.5 Å². The molecular formula is C20H35NO2Si. The monoisotopic (exact) mass is 349 g/mol. The molecule has 1 aromatic carbocycles. The van der Waals surface area contributed by atoms with Crippen LogP contribution in [0.5, 0.6) is 0 Å². The molecule has 0 unspecified atom stereocenters. The highest BCUT2D eigenvalue weighted by molar-refractivity contribution is 6.74. The Morgan fingerprint density at radius 2 is 1.62 bits per heavy atom. The maximum atomic E-state index is 6.91. The average molecular weight is 350 g/mol. The van der Waals surface area contributed by atoms with Gasteiger partial charge in [-0.3, -0.25) is 4.84 Å². The lowest BCUT2D eigenvalue weighted by atomic mass is 9.82. The van der Waals surface area contributed by atoms with Gasteiger partial charge in [0.1, 0.15) is 0 Å². The van der Waals surface area contributed by atoms with Gasteiger partial charge < -0.3 is 4.43 Å². The van der Waals surface area contributed by atoms with Crippen molar-refractivity contribution in [3.63, 3.8) is 0 Å². The first-order valence-corrected chi connectivity index (χ1v) is 11.9. The minimum atomic E-state index is -2.00. The molecule has 0 aromatic heterocycles. The van der Waals surface area contributed by atoms with E-state index in [1.54, 1.807) is 0 Å². The van der Waals surface area contributed by atoms with E-state index >= 15 is 0 Å². The molecule has 136 valence electrons. The van der Waals surface area contributed by atoms with Gasteiger partial charge in [0.2, 0.25) is 5.79 Å². The van der Waals surface area contributed by atoms with Crippen molar-refractivity contribution >= 4 is 8.32 Å². The molecule has 2 atom stereocenters. The van der Waals surface area contributed by atoms with Crippen LogP contribution >= 0.6 is 0 Å². The number of hydrogen-bond acceptors (Lipinski definition) is 3. The van der Waals surface area contributed by atoms with Crippen LogP contribution in [0.25, 0.3) is 0 Å². The van der Waals surface area contributed by atoms with Crippen molar-refractivity contribution in [2.24, 2.45) is 5.41 Å². The molecule has 1 heterocycles. The molecular weight excluding hydrogens is 314 g/mol. The topological polar surface area (TPSA) is 21.7 Å². The number of hydrogen-bond donors (Lipinski definition) is 0. The van der Waals surface area contributed by atoms with Gasteiger partial charge in [0.25, 0.3) is 0 Å². The maximum Gasteiger partial charge on any atom is 0.206 e. The first kappa shape index (κ1) is 19.6.